The summed E-state index contributed by atoms with van der Waals surface area (Å²) in [5.74, 6) is -0.444. The number of amidine groups is 1. The minimum absolute atomic E-state index is 0.0969. The predicted molar refractivity (Wildman–Crippen MR) is 148 cm³/mol. The smallest absolute Gasteiger partial charge is 0.338 e. The molecule has 4 aromatic rings. The molecular weight excluding hydrogens is 484 g/mol. The van der Waals surface area contributed by atoms with Gasteiger partial charge in [0.05, 0.1) is 28.3 Å². The molecular formula is C29H26N4O3S. The molecule has 5 rings (SSSR count). The Hall–Kier alpha value is -4.17. The van der Waals surface area contributed by atoms with Crippen LogP contribution in [0.5, 0.6) is 0 Å². The summed E-state index contributed by atoms with van der Waals surface area (Å²) >= 11 is 1.35. The number of likely N-dealkylation sites (N-methyl/N-ethyl adjacent to an activating group) is 1. The van der Waals surface area contributed by atoms with Gasteiger partial charge >= 0.3 is 5.97 Å². The summed E-state index contributed by atoms with van der Waals surface area (Å²) in [5, 5.41) is 1.62. The Bertz CT molecular complexity index is 1600. The lowest BCUT2D eigenvalue weighted by atomic mass is 10.2. The van der Waals surface area contributed by atoms with Crippen molar-refractivity contribution < 1.29 is 14.3 Å². The van der Waals surface area contributed by atoms with E-state index < -0.39 is 0 Å². The summed E-state index contributed by atoms with van der Waals surface area (Å²) in [6.45, 7) is 6.12. The second-order valence-corrected chi connectivity index (χ2v) is 9.69. The molecule has 3 heterocycles. The van der Waals surface area contributed by atoms with E-state index in [1.54, 1.807) is 31.1 Å². The summed E-state index contributed by atoms with van der Waals surface area (Å²) in [6.07, 6.45) is 3.67. The maximum Gasteiger partial charge on any atom is 0.338 e. The Morgan fingerprint density at radius 1 is 1.11 bits per heavy atom. The van der Waals surface area contributed by atoms with Crippen molar-refractivity contribution in [2.24, 2.45) is 4.99 Å². The van der Waals surface area contributed by atoms with Crippen LogP contribution in [0.4, 0.5) is 5.69 Å². The fraction of sp³-hybridized carbons (Fsp3) is 0.172. The Balaban J connectivity index is 1.45. The molecule has 2 aromatic heterocycles. The number of benzene rings is 2. The van der Waals surface area contributed by atoms with E-state index in [4.69, 9.17) is 9.73 Å². The molecule has 0 bridgehead atoms. The standard InChI is InChI=1S/C29H26N4O3S/c1-5-36-28(35)21-8-6-10-24(16-21)33-18(2)14-22(19(33)3)17-26-27(34)32(4)29(37-26)31-23-11-12-25-20(15-23)9-7-13-30-25/h6-17H,5H2,1-4H3/b26-17-,31-29?. The fourth-order valence-electron chi connectivity index (χ4n) is 4.35. The van der Waals surface area contributed by atoms with Crippen LogP contribution in [0.25, 0.3) is 22.7 Å². The molecule has 186 valence electrons. The van der Waals surface area contributed by atoms with Crippen molar-refractivity contribution in [3.63, 3.8) is 0 Å². The van der Waals surface area contributed by atoms with Crippen LogP contribution in [0.2, 0.25) is 0 Å². The van der Waals surface area contributed by atoms with Crippen LogP contribution >= 0.6 is 11.8 Å². The highest BCUT2D eigenvalue weighted by Gasteiger charge is 2.30. The number of ether oxygens (including phenoxy) is 1. The van der Waals surface area contributed by atoms with E-state index in [0.717, 1.165) is 39.2 Å². The minimum Gasteiger partial charge on any atom is -0.462 e. The average Bonchev–Trinajstić information content (AvgIpc) is 3.33. The van der Waals surface area contributed by atoms with E-state index in [1.165, 1.54) is 11.8 Å². The molecule has 0 aliphatic carbocycles. The number of amides is 1. The van der Waals surface area contributed by atoms with Gasteiger partial charge in [0.2, 0.25) is 0 Å². The van der Waals surface area contributed by atoms with E-state index >= 15 is 0 Å². The summed E-state index contributed by atoms with van der Waals surface area (Å²) < 4.78 is 7.22. The molecule has 0 spiro atoms. The van der Waals surface area contributed by atoms with Crippen LogP contribution in [0.1, 0.15) is 34.2 Å². The van der Waals surface area contributed by atoms with E-state index in [9.17, 15) is 9.59 Å². The van der Waals surface area contributed by atoms with Gasteiger partial charge in [-0.2, -0.15) is 0 Å². The van der Waals surface area contributed by atoms with Gasteiger partial charge in [-0.15, -0.1) is 0 Å². The number of fused-ring (bicyclic) bond motifs is 1. The zero-order valence-corrected chi connectivity index (χ0v) is 21.9. The number of aliphatic imine (C=N–C) groups is 1. The van der Waals surface area contributed by atoms with Crippen molar-refractivity contribution in [2.75, 3.05) is 13.7 Å². The minimum atomic E-state index is -0.348. The number of hydrogen-bond donors (Lipinski definition) is 0. The van der Waals surface area contributed by atoms with Crippen LogP contribution < -0.4 is 0 Å². The third-order valence-corrected chi connectivity index (χ3v) is 7.25. The van der Waals surface area contributed by atoms with Gasteiger partial charge in [-0.1, -0.05) is 12.1 Å². The van der Waals surface area contributed by atoms with Crippen LogP contribution in [-0.4, -0.2) is 45.1 Å². The highest BCUT2D eigenvalue weighted by atomic mass is 32.2. The molecule has 8 heteroatoms. The van der Waals surface area contributed by atoms with Crippen molar-refractivity contribution in [2.45, 2.75) is 20.8 Å². The largest absolute Gasteiger partial charge is 0.462 e. The van der Waals surface area contributed by atoms with Crippen molar-refractivity contribution >= 4 is 51.5 Å². The average molecular weight is 511 g/mol. The van der Waals surface area contributed by atoms with E-state index in [-0.39, 0.29) is 11.9 Å². The fourth-order valence-corrected chi connectivity index (χ4v) is 5.33. The zero-order chi connectivity index (χ0) is 26.1. The normalized spacial score (nSPS) is 15.8. The maximum atomic E-state index is 13.1. The topological polar surface area (TPSA) is 76.8 Å². The van der Waals surface area contributed by atoms with E-state index in [2.05, 4.69) is 9.55 Å². The SMILES string of the molecule is CCOC(=O)c1cccc(-n2c(C)cc(/C=C3\SC(=Nc4ccc5ncccc5c4)N(C)C3=O)c2C)c1. The van der Waals surface area contributed by atoms with Gasteiger partial charge in [0.25, 0.3) is 5.91 Å². The van der Waals surface area contributed by atoms with Gasteiger partial charge in [0.1, 0.15) is 0 Å². The molecule has 7 nitrogen and oxygen atoms in total. The Labute approximate surface area is 219 Å². The molecule has 1 aliphatic heterocycles. The lowest BCUT2D eigenvalue weighted by Crippen LogP contribution is -2.23. The molecule has 1 aliphatic rings. The Morgan fingerprint density at radius 2 is 1.95 bits per heavy atom. The quantitative estimate of drug-likeness (QED) is 0.241. The molecule has 0 saturated carbocycles. The molecule has 0 radical (unpaired) electrons. The third kappa shape index (κ3) is 4.80. The number of aryl methyl sites for hydroxylation is 1. The molecule has 2 aromatic carbocycles. The van der Waals surface area contributed by atoms with Crippen LogP contribution in [0, 0.1) is 13.8 Å². The lowest BCUT2D eigenvalue weighted by molar-refractivity contribution is -0.121. The van der Waals surface area contributed by atoms with Crippen molar-refractivity contribution in [1.29, 1.82) is 0 Å². The van der Waals surface area contributed by atoms with Crippen molar-refractivity contribution in [3.8, 4) is 5.69 Å². The van der Waals surface area contributed by atoms with Crippen LogP contribution in [-0.2, 0) is 9.53 Å². The Morgan fingerprint density at radius 3 is 2.76 bits per heavy atom. The van der Waals surface area contributed by atoms with Gasteiger partial charge in [-0.25, -0.2) is 9.79 Å². The second-order valence-electron chi connectivity index (χ2n) is 8.68. The van der Waals surface area contributed by atoms with Gasteiger partial charge < -0.3 is 9.30 Å². The number of nitrogens with zero attached hydrogens (tertiary/aromatic N) is 4. The second kappa shape index (κ2) is 10.1. The van der Waals surface area contributed by atoms with Crippen molar-refractivity contribution in [3.05, 3.63) is 94.3 Å². The van der Waals surface area contributed by atoms with Gasteiger partial charge in [0, 0.05) is 35.7 Å². The first-order valence-electron chi connectivity index (χ1n) is 11.9. The summed E-state index contributed by atoms with van der Waals surface area (Å²) in [5.41, 5.74) is 5.92. The van der Waals surface area contributed by atoms with E-state index in [1.807, 2.05) is 74.5 Å². The molecule has 1 amide bonds. The predicted octanol–water partition coefficient (Wildman–Crippen LogP) is 6.05. The highest BCUT2D eigenvalue weighted by molar-refractivity contribution is 8.18. The van der Waals surface area contributed by atoms with Gasteiger partial charge in [-0.3, -0.25) is 14.7 Å². The molecule has 0 unspecified atom stereocenters. The molecule has 1 saturated heterocycles. The summed E-state index contributed by atoms with van der Waals surface area (Å²) in [7, 11) is 1.74. The zero-order valence-electron chi connectivity index (χ0n) is 21.1. The van der Waals surface area contributed by atoms with Gasteiger partial charge in [-0.05, 0) is 92.7 Å². The first kappa shape index (κ1) is 24.5. The van der Waals surface area contributed by atoms with Crippen molar-refractivity contribution in [1.82, 2.24) is 14.5 Å². The monoisotopic (exact) mass is 510 g/mol. The number of thioether (sulfide) groups is 1. The molecule has 1 fully saturated rings. The third-order valence-electron chi connectivity index (χ3n) is 6.19. The first-order chi connectivity index (χ1) is 17.9. The number of esters is 1. The van der Waals surface area contributed by atoms with Gasteiger partial charge in [0.15, 0.2) is 5.17 Å². The van der Waals surface area contributed by atoms with Crippen LogP contribution in [0.15, 0.2) is 76.8 Å². The molecule has 0 N–H and O–H groups in total. The Kier molecular flexibility index (Phi) is 6.67. The number of aromatic nitrogens is 2. The highest BCUT2D eigenvalue weighted by Crippen LogP contribution is 2.35. The summed E-state index contributed by atoms with van der Waals surface area (Å²) in [6, 6.07) is 19.1. The van der Waals surface area contributed by atoms with Crippen LogP contribution in [0.3, 0.4) is 0 Å². The lowest BCUT2D eigenvalue weighted by Gasteiger charge is -2.11. The number of pyridine rings is 1. The first-order valence-corrected chi connectivity index (χ1v) is 12.7. The van der Waals surface area contributed by atoms with E-state index in [0.29, 0.717) is 22.2 Å². The molecule has 0 atom stereocenters. The number of hydrogen-bond acceptors (Lipinski definition) is 6. The number of carbonyl (C=O) groups excluding carboxylic acids is 2. The summed E-state index contributed by atoms with van der Waals surface area (Å²) in [4.78, 5) is 36.5. The number of rotatable bonds is 5. The molecule has 37 heavy (non-hydrogen) atoms. The maximum absolute atomic E-state index is 13.1. The number of carbonyl (C=O) groups is 2.